The van der Waals surface area contributed by atoms with Gasteiger partial charge in [-0.2, -0.15) is 0 Å². The Morgan fingerprint density at radius 3 is 2.47 bits per heavy atom. The van der Waals surface area contributed by atoms with E-state index in [0.29, 0.717) is 59.3 Å². The van der Waals surface area contributed by atoms with Crippen LogP contribution in [0.5, 0.6) is 5.88 Å². The molecule has 0 unspecified atom stereocenters. The van der Waals surface area contributed by atoms with E-state index in [1.54, 1.807) is 30.3 Å². The van der Waals surface area contributed by atoms with Crippen molar-refractivity contribution in [3.8, 4) is 5.88 Å². The third kappa shape index (κ3) is 5.83. The van der Waals surface area contributed by atoms with Gasteiger partial charge in [-0.1, -0.05) is 65.2 Å². The molecule has 1 heterocycles. The van der Waals surface area contributed by atoms with E-state index in [4.69, 9.17) is 4.74 Å². The number of carbonyl (C=O) groups is 1. The van der Waals surface area contributed by atoms with Crippen molar-refractivity contribution >= 4 is 15.9 Å². The molecule has 2 aromatic rings. The second-order valence-electron chi connectivity index (χ2n) is 15.2. The average molecular weight is 637 g/mol. The number of ether oxygens (including phenoxy) is 1. The first-order chi connectivity index (χ1) is 21.5. The minimum absolute atomic E-state index is 0.0306. The Bertz CT molecular complexity index is 1450. The van der Waals surface area contributed by atoms with Crippen molar-refractivity contribution in [3.63, 3.8) is 0 Å². The van der Waals surface area contributed by atoms with Gasteiger partial charge in [0, 0.05) is 12.3 Å². The van der Waals surface area contributed by atoms with Crippen LogP contribution in [0.25, 0.3) is 0 Å². The number of amides is 1. The van der Waals surface area contributed by atoms with E-state index in [1.165, 1.54) is 69.7 Å². The SMILES string of the molecule is CC[C@H]1[C@@H](O)[C@@H]2[C@H](CC[C@]3(C)[C@@H]([C@H](C)CCOc4ccc(C(=O)NS(=O)(=O)c5ccccc5)cn4)CC[C@@H]23)[C@@]2(C)CCCC[C@@H]12. The molecule has 0 radical (unpaired) electrons. The number of hydrogen-bond acceptors (Lipinski definition) is 6. The Balaban J connectivity index is 1.05. The molecule has 4 aliphatic carbocycles. The molecule has 4 aliphatic rings. The zero-order valence-electron chi connectivity index (χ0n) is 27.5. The van der Waals surface area contributed by atoms with Crippen molar-refractivity contribution in [2.75, 3.05) is 6.61 Å². The molecule has 1 amide bonds. The van der Waals surface area contributed by atoms with E-state index in [2.05, 4.69) is 37.4 Å². The maximum atomic E-state index is 12.6. The monoisotopic (exact) mass is 636 g/mol. The predicted octanol–water partition coefficient (Wildman–Crippen LogP) is 7.26. The molecule has 0 bridgehead atoms. The van der Waals surface area contributed by atoms with E-state index in [9.17, 15) is 18.3 Å². The topological polar surface area (TPSA) is 106 Å². The van der Waals surface area contributed by atoms with Crippen LogP contribution in [0.15, 0.2) is 53.6 Å². The molecular weight excluding hydrogens is 584 g/mol. The summed E-state index contributed by atoms with van der Waals surface area (Å²) >= 11 is 0. The molecule has 0 saturated heterocycles. The smallest absolute Gasteiger partial charge is 0.266 e. The first-order valence-electron chi connectivity index (χ1n) is 17.4. The third-order valence-corrected chi connectivity index (χ3v) is 14.5. The summed E-state index contributed by atoms with van der Waals surface area (Å²) in [5.74, 6) is 3.62. The Kier molecular flexibility index (Phi) is 9.12. The van der Waals surface area contributed by atoms with E-state index < -0.39 is 15.9 Å². The van der Waals surface area contributed by atoms with Gasteiger partial charge in [0.05, 0.1) is 23.2 Å². The number of aliphatic hydroxyl groups is 1. The van der Waals surface area contributed by atoms with Crippen LogP contribution >= 0.6 is 0 Å². The highest BCUT2D eigenvalue weighted by atomic mass is 32.2. The summed E-state index contributed by atoms with van der Waals surface area (Å²) in [6, 6.07) is 11.0. The summed E-state index contributed by atoms with van der Waals surface area (Å²) < 4.78 is 33.1. The molecule has 1 aromatic carbocycles. The zero-order valence-corrected chi connectivity index (χ0v) is 28.3. The molecule has 1 aromatic heterocycles. The standard InChI is InChI=1S/C37H52N2O5S/c1-5-27-29-13-9-10-20-36(29,3)31-18-21-37(4)28(15-16-30(37)33(31)34(27)40)24(2)19-22-44-32-17-14-25(23-38-32)35(41)39-45(42,43)26-11-7-6-8-12-26/h6-8,11-12,14,17,23-24,27-31,33-34,40H,5,9-10,13,15-16,18-22H2,1-4H3,(H,39,41)/t24-,27-,28-,29+,30+,31+,33+,34-,36+,37-/m1/s1. The number of pyridine rings is 1. The van der Waals surface area contributed by atoms with Crippen LogP contribution in [0.1, 0.15) is 102 Å². The van der Waals surface area contributed by atoms with Gasteiger partial charge in [0.2, 0.25) is 5.88 Å². The van der Waals surface area contributed by atoms with Gasteiger partial charge in [-0.3, -0.25) is 4.79 Å². The Morgan fingerprint density at radius 2 is 1.76 bits per heavy atom. The maximum Gasteiger partial charge on any atom is 0.266 e. The van der Waals surface area contributed by atoms with Gasteiger partial charge in [0.1, 0.15) is 0 Å². The number of aliphatic hydroxyl groups excluding tert-OH is 1. The van der Waals surface area contributed by atoms with Gasteiger partial charge in [0.25, 0.3) is 15.9 Å². The van der Waals surface area contributed by atoms with Gasteiger partial charge < -0.3 is 9.84 Å². The van der Waals surface area contributed by atoms with Crippen LogP contribution in [-0.4, -0.2) is 37.1 Å². The highest BCUT2D eigenvalue weighted by molar-refractivity contribution is 7.90. The molecule has 8 heteroatoms. The van der Waals surface area contributed by atoms with E-state index in [-0.39, 0.29) is 22.0 Å². The van der Waals surface area contributed by atoms with Crippen molar-refractivity contribution < 1.29 is 23.1 Å². The van der Waals surface area contributed by atoms with Crippen molar-refractivity contribution in [2.45, 2.75) is 103 Å². The molecular formula is C37H52N2O5S. The number of carbonyl (C=O) groups excluding carboxylic acids is 1. The van der Waals surface area contributed by atoms with Crippen LogP contribution in [0.3, 0.4) is 0 Å². The molecule has 4 fully saturated rings. The van der Waals surface area contributed by atoms with Gasteiger partial charge in [-0.15, -0.1) is 0 Å². The molecule has 0 spiro atoms. The van der Waals surface area contributed by atoms with Gasteiger partial charge in [0.15, 0.2) is 0 Å². The lowest BCUT2D eigenvalue weighted by Gasteiger charge is -2.64. The highest BCUT2D eigenvalue weighted by Crippen LogP contribution is 2.69. The minimum atomic E-state index is -3.96. The second-order valence-corrected chi connectivity index (χ2v) is 16.9. The van der Waals surface area contributed by atoms with E-state index >= 15 is 0 Å². The largest absolute Gasteiger partial charge is 0.478 e. The molecule has 10 atom stereocenters. The van der Waals surface area contributed by atoms with Crippen molar-refractivity contribution in [1.82, 2.24) is 9.71 Å². The van der Waals surface area contributed by atoms with Crippen LogP contribution in [-0.2, 0) is 10.0 Å². The Labute approximate surface area is 270 Å². The first-order valence-corrected chi connectivity index (χ1v) is 18.9. The Morgan fingerprint density at radius 1 is 1.00 bits per heavy atom. The molecule has 246 valence electrons. The maximum absolute atomic E-state index is 12.6. The average Bonchev–Trinajstić information content (AvgIpc) is 3.39. The summed E-state index contributed by atoms with van der Waals surface area (Å²) in [4.78, 5) is 16.9. The zero-order chi connectivity index (χ0) is 32.0. The number of aromatic nitrogens is 1. The third-order valence-electron chi connectivity index (χ3n) is 13.2. The number of fused-ring (bicyclic) bond motifs is 5. The van der Waals surface area contributed by atoms with Crippen LogP contribution in [0, 0.1) is 52.3 Å². The summed E-state index contributed by atoms with van der Waals surface area (Å²) in [5.41, 5.74) is 0.797. The van der Waals surface area contributed by atoms with Crippen molar-refractivity contribution in [1.29, 1.82) is 0 Å². The summed E-state index contributed by atoms with van der Waals surface area (Å²) in [7, 11) is -3.96. The molecule has 45 heavy (non-hydrogen) atoms. The fourth-order valence-corrected chi connectivity index (χ4v) is 12.0. The van der Waals surface area contributed by atoms with Crippen LogP contribution < -0.4 is 9.46 Å². The quantitative estimate of drug-likeness (QED) is 0.300. The van der Waals surface area contributed by atoms with Gasteiger partial charge >= 0.3 is 0 Å². The lowest BCUT2D eigenvalue weighted by atomic mass is 9.41. The molecule has 0 aliphatic heterocycles. The fraction of sp³-hybridized carbons (Fsp3) is 0.676. The molecule has 4 saturated carbocycles. The van der Waals surface area contributed by atoms with E-state index in [0.717, 1.165) is 12.8 Å². The number of hydrogen-bond donors (Lipinski definition) is 2. The Hall–Kier alpha value is -2.45. The summed E-state index contributed by atoms with van der Waals surface area (Å²) in [6.45, 7) is 10.3. The summed E-state index contributed by atoms with van der Waals surface area (Å²) in [6.07, 6.45) is 13.5. The fourth-order valence-electron chi connectivity index (χ4n) is 11.0. The van der Waals surface area contributed by atoms with Gasteiger partial charge in [-0.25, -0.2) is 18.1 Å². The highest BCUT2D eigenvalue weighted by Gasteiger charge is 2.64. The normalized spacial score (nSPS) is 36.7. The number of nitrogens with zero attached hydrogens (tertiary/aromatic N) is 1. The number of benzene rings is 1. The summed E-state index contributed by atoms with van der Waals surface area (Å²) in [5, 5.41) is 12.0. The van der Waals surface area contributed by atoms with E-state index in [1.807, 2.05) is 0 Å². The molecule has 6 rings (SSSR count). The molecule has 2 N–H and O–H groups in total. The molecule has 7 nitrogen and oxygen atoms in total. The van der Waals surface area contributed by atoms with Crippen LogP contribution in [0.2, 0.25) is 0 Å². The lowest BCUT2D eigenvalue weighted by Crippen LogP contribution is -2.61. The first kappa shape index (κ1) is 32.5. The minimum Gasteiger partial charge on any atom is -0.478 e. The second kappa shape index (κ2) is 12.6. The predicted molar refractivity (Wildman–Crippen MR) is 175 cm³/mol. The van der Waals surface area contributed by atoms with Gasteiger partial charge in [-0.05, 0) is 115 Å². The lowest BCUT2D eigenvalue weighted by molar-refractivity contribution is -0.194. The van der Waals surface area contributed by atoms with Crippen LogP contribution in [0.4, 0.5) is 0 Å². The number of nitrogens with one attached hydrogen (secondary N) is 1. The number of sulfonamides is 1. The number of rotatable bonds is 9. The van der Waals surface area contributed by atoms with Crippen molar-refractivity contribution in [2.24, 2.45) is 52.3 Å². The van der Waals surface area contributed by atoms with Crippen molar-refractivity contribution in [3.05, 3.63) is 54.2 Å².